The van der Waals surface area contributed by atoms with Crippen molar-refractivity contribution in [3.8, 4) is 6.07 Å². The second kappa shape index (κ2) is 5.13. The highest BCUT2D eigenvalue weighted by Crippen LogP contribution is 2.04. The van der Waals surface area contributed by atoms with E-state index < -0.39 is 5.54 Å². The molecule has 0 radical (unpaired) electrons. The van der Waals surface area contributed by atoms with Gasteiger partial charge in [0.05, 0.1) is 12.7 Å². The van der Waals surface area contributed by atoms with E-state index in [9.17, 15) is 0 Å². The first-order valence-electron chi connectivity index (χ1n) is 4.30. The normalized spacial score (nSPS) is 15.7. The molecule has 0 bridgehead atoms. The van der Waals surface area contributed by atoms with Crippen molar-refractivity contribution in [2.45, 2.75) is 39.3 Å². The Morgan fingerprint density at radius 2 is 2.17 bits per heavy atom. The Morgan fingerprint density at radius 1 is 1.58 bits per heavy atom. The van der Waals surface area contributed by atoms with Gasteiger partial charge in [-0.15, -0.1) is 0 Å². The highest BCUT2D eigenvalue weighted by molar-refractivity contribution is 5.04. The molecule has 0 spiro atoms. The first kappa shape index (κ1) is 11.4. The molecule has 1 unspecified atom stereocenters. The molecule has 0 aliphatic heterocycles. The summed E-state index contributed by atoms with van der Waals surface area (Å²) in [5, 5.41) is 12.0. The van der Waals surface area contributed by atoms with E-state index in [1.807, 2.05) is 27.7 Å². The summed E-state index contributed by atoms with van der Waals surface area (Å²) in [5.74, 6) is 0. The van der Waals surface area contributed by atoms with Gasteiger partial charge in [-0.1, -0.05) is 0 Å². The van der Waals surface area contributed by atoms with Crippen LogP contribution in [0.3, 0.4) is 0 Å². The predicted molar refractivity (Wildman–Crippen MR) is 48.8 cm³/mol. The topological polar surface area (TPSA) is 45.0 Å². The summed E-state index contributed by atoms with van der Waals surface area (Å²) in [6.07, 6.45) is 0. The molecule has 3 nitrogen and oxygen atoms in total. The first-order valence-corrected chi connectivity index (χ1v) is 4.30. The minimum absolute atomic E-state index is 0.301. The molecular weight excluding hydrogens is 152 g/mol. The van der Waals surface area contributed by atoms with Crippen LogP contribution >= 0.6 is 0 Å². The number of ether oxygens (including phenoxy) is 1. The number of nitrogens with zero attached hydrogens (tertiary/aromatic N) is 1. The molecule has 0 aromatic rings. The molecule has 1 N–H and O–H groups in total. The monoisotopic (exact) mass is 170 g/mol. The van der Waals surface area contributed by atoms with Gasteiger partial charge in [0, 0.05) is 12.6 Å². The van der Waals surface area contributed by atoms with Crippen molar-refractivity contribution in [3.63, 3.8) is 0 Å². The number of nitrogens with one attached hydrogen (secondary N) is 1. The Hall–Kier alpha value is -0.590. The van der Waals surface area contributed by atoms with Crippen LogP contribution in [0.1, 0.15) is 27.7 Å². The van der Waals surface area contributed by atoms with Crippen LogP contribution in [-0.2, 0) is 4.74 Å². The van der Waals surface area contributed by atoms with E-state index in [4.69, 9.17) is 10.00 Å². The standard InChI is InChI=1S/C9H18N2O/c1-5-12-7-9(4,6-10)11-8(2)3/h8,11H,5,7H2,1-4H3. The van der Waals surface area contributed by atoms with E-state index in [0.717, 1.165) is 0 Å². The van der Waals surface area contributed by atoms with Crippen LogP contribution in [0.25, 0.3) is 0 Å². The molecule has 0 aromatic heterocycles. The fraction of sp³-hybridized carbons (Fsp3) is 0.889. The maximum Gasteiger partial charge on any atom is 0.127 e. The lowest BCUT2D eigenvalue weighted by atomic mass is 10.1. The van der Waals surface area contributed by atoms with Crippen LogP contribution in [0.2, 0.25) is 0 Å². The van der Waals surface area contributed by atoms with Gasteiger partial charge in [-0.25, -0.2) is 0 Å². The van der Waals surface area contributed by atoms with Gasteiger partial charge >= 0.3 is 0 Å². The third-order valence-electron chi connectivity index (χ3n) is 1.45. The summed E-state index contributed by atoms with van der Waals surface area (Å²) in [6, 6.07) is 2.51. The highest BCUT2D eigenvalue weighted by atomic mass is 16.5. The van der Waals surface area contributed by atoms with Gasteiger partial charge in [0.1, 0.15) is 5.54 Å². The van der Waals surface area contributed by atoms with E-state index in [0.29, 0.717) is 19.3 Å². The van der Waals surface area contributed by atoms with Crippen LogP contribution in [0.15, 0.2) is 0 Å². The van der Waals surface area contributed by atoms with E-state index in [1.54, 1.807) is 0 Å². The third kappa shape index (κ3) is 4.32. The quantitative estimate of drug-likeness (QED) is 0.676. The van der Waals surface area contributed by atoms with E-state index in [2.05, 4.69) is 11.4 Å². The molecule has 70 valence electrons. The summed E-state index contributed by atoms with van der Waals surface area (Å²) < 4.78 is 5.21. The third-order valence-corrected chi connectivity index (χ3v) is 1.45. The summed E-state index contributed by atoms with van der Waals surface area (Å²) in [4.78, 5) is 0. The van der Waals surface area contributed by atoms with E-state index >= 15 is 0 Å². The number of hydrogen-bond acceptors (Lipinski definition) is 3. The van der Waals surface area contributed by atoms with Gasteiger partial charge in [0.15, 0.2) is 0 Å². The largest absolute Gasteiger partial charge is 0.379 e. The SMILES string of the molecule is CCOCC(C)(C#N)NC(C)C. The molecule has 0 amide bonds. The van der Waals surface area contributed by atoms with Gasteiger partial charge in [-0.2, -0.15) is 5.26 Å². The molecular formula is C9H18N2O. The van der Waals surface area contributed by atoms with Crippen LogP contribution in [0.4, 0.5) is 0 Å². The number of nitriles is 1. The fourth-order valence-electron chi connectivity index (χ4n) is 1.05. The lowest BCUT2D eigenvalue weighted by Gasteiger charge is -2.25. The van der Waals surface area contributed by atoms with Crippen molar-refractivity contribution >= 4 is 0 Å². The summed E-state index contributed by atoms with van der Waals surface area (Å²) >= 11 is 0. The lowest BCUT2D eigenvalue weighted by molar-refractivity contribution is 0.102. The van der Waals surface area contributed by atoms with Crippen LogP contribution in [0, 0.1) is 11.3 Å². The minimum atomic E-state index is -0.551. The fourth-order valence-corrected chi connectivity index (χ4v) is 1.05. The average Bonchev–Trinajstić information content (AvgIpc) is 2.00. The molecule has 0 fully saturated rings. The molecule has 1 atom stereocenters. The molecule has 3 heteroatoms. The van der Waals surface area contributed by atoms with Crippen molar-refractivity contribution in [1.29, 1.82) is 5.26 Å². The Morgan fingerprint density at radius 3 is 2.50 bits per heavy atom. The molecule has 12 heavy (non-hydrogen) atoms. The van der Waals surface area contributed by atoms with Gasteiger partial charge in [-0.3, -0.25) is 5.32 Å². The summed E-state index contributed by atoms with van der Waals surface area (Å²) in [5.41, 5.74) is -0.551. The number of hydrogen-bond donors (Lipinski definition) is 1. The second-order valence-corrected chi connectivity index (χ2v) is 3.38. The van der Waals surface area contributed by atoms with Crippen LogP contribution in [-0.4, -0.2) is 24.8 Å². The van der Waals surface area contributed by atoms with Crippen molar-refractivity contribution in [2.24, 2.45) is 0 Å². The highest BCUT2D eigenvalue weighted by Gasteiger charge is 2.24. The van der Waals surface area contributed by atoms with Gasteiger partial charge in [0.25, 0.3) is 0 Å². The molecule has 0 rings (SSSR count). The van der Waals surface area contributed by atoms with Crippen molar-refractivity contribution < 1.29 is 4.74 Å². The van der Waals surface area contributed by atoms with Crippen molar-refractivity contribution in [2.75, 3.05) is 13.2 Å². The second-order valence-electron chi connectivity index (χ2n) is 3.38. The smallest absolute Gasteiger partial charge is 0.127 e. The van der Waals surface area contributed by atoms with Gasteiger partial charge in [-0.05, 0) is 27.7 Å². The molecule has 0 aliphatic carbocycles. The summed E-state index contributed by atoms with van der Waals surface area (Å²) in [6.45, 7) is 8.90. The molecule has 0 saturated heterocycles. The molecule has 0 saturated carbocycles. The van der Waals surface area contributed by atoms with E-state index in [1.165, 1.54) is 0 Å². The van der Waals surface area contributed by atoms with Gasteiger partial charge < -0.3 is 4.74 Å². The first-order chi connectivity index (χ1) is 5.54. The van der Waals surface area contributed by atoms with Crippen molar-refractivity contribution in [3.05, 3.63) is 0 Å². The zero-order chi connectivity index (χ0) is 9.61. The lowest BCUT2D eigenvalue weighted by Crippen LogP contribution is -2.48. The summed E-state index contributed by atoms with van der Waals surface area (Å²) in [7, 11) is 0. The molecule has 0 aliphatic rings. The Kier molecular flexibility index (Phi) is 4.87. The van der Waals surface area contributed by atoms with Crippen molar-refractivity contribution in [1.82, 2.24) is 5.32 Å². The average molecular weight is 170 g/mol. The Bertz CT molecular complexity index is 162. The molecule has 0 aromatic carbocycles. The minimum Gasteiger partial charge on any atom is -0.379 e. The van der Waals surface area contributed by atoms with Gasteiger partial charge in [0.2, 0.25) is 0 Å². The Balaban J connectivity index is 3.98. The van der Waals surface area contributed by atoms with Crippen LogP contribution in [0.5, 0.6) is 0 Å². The number of rotatable bonds is 5. The zero-order valence-corrected chi connectivity index (χ0v) is 8.35. The van der Waals surface area contributed by atoms with E-state index in [-0.39, 0.29) is 0 Å². The maximum absolute atomic E-state index is 8.87. The maximum atomic E-state index is 8.87. The molecule has 0 heterocycles. The Labute approximate surface area is 74.7 Å². The zero-order valence-electron chi connectivity index (χ0n) is 8.35. The van der Waals surface area contributed by atoms with Crippen LogP contribution < -0.4 is 5.32 Å². The predicted octanol–water partition coefficient (Wildman–Crippen LogP) is 1.30.